The number of carbonyl (C=O) groups excluding carboxylic acids is 1. The van der Waals surface area contributed by atoms with E-state index in [9.17, 15) is 4.79 Å². The highest BCUT2D eigenvalue weighted by Gasteiger charge is 2.47. The second-order valence-electron chi connectivity index (χ2n) is 7.55. The van der Waals surface area contributed by atoms with E-state index in [1.54, 1.807) is 6.26 Å². The van der Waals surface area contributed by atoms with Gasteiger partial charge in [-0.15, -0.1) is 0 Å². The van der Waals surface area contributed by atoms with E-state index in [-0.39, 0.29) is 18.0 Å². The summed E-state index contributed by atoms with van der Waals surface area (Å²) in [7, 11) is 1.44. The number of fused-ring (bicyclic) bond motifs is 5. The molecule has 1 N–H and O–H groups in total. The zero-order valence-electron chi connectivity index (χ0n) is 15.1. The van der Waals surface area contributed by atoms with E-state index in [0.29, 0.717) is 11.5 Å². The Morgan fingerprint density at radius 2 is 2.19 bits per heavy atom. The molecule has 5 rings (SSSR count). The van der Waals surface area contributed by atoms with Crippen LogP contribution in [0.25, 0.3) is 10.9 Å². The molecule has 1 aromatic heterocycles. The first kappa shape index (κ1) is 15.7. The number of hydrogen-bond acceptors (Lipinski definition) is 3. The van der Waals surface area contributed by atoms with Crippen LogP contribution in [0.2, 0.25) is 0 Å². The Morgan fingerprint density at radius 3 is 3.04 bits per heavy atom. The van der Waals surface area contributed by atoms with Crippen LogP contribution in [0.5, 0.6) is 0 Å². The van der Waals surface area contributed by atoms with Gasteiger partial charge in [-0.25, -0.2) is 9.37 Å². The second-order valence-corrected chi connectivity index (χ2v) is 7.55. The van der Waals surface area contributed by atoms with Crippen LogP contribution in [0, 0.1) is 11.8 Å². The van der Waals surface area contributed by atoms with Gasteiger partial charge < -0.3 is 14.5 Å². The van der Waals surface area contributed by atoms with Crippen molar-refractivity contribution in [3.05, 3.63) is 47.4 Å². The monoisotopic (exact) mass is 351 g/mol. The normalized spacial score (nSPS) is 27.2. The van der Waals surface area contributed by atoms with Crippen molar-refractivity contribution >= 4 is 22.6 Å². The maximum absolute atomic E-state index is 12.3. The molecule has 134 valence electrons. The number of benzene rings is 1. The van der Waals surface area contributed by atoms with Crippen molar-refractivity contribution in [1.29, 1.82) is 0 Å². The number of rotatable bonds is 1. The Hall–Kier alpha value is -2.56. The van der Waals surface area contributed by atoms with Crippen molar-refractivity contribution in [2.75, 3.05) is 20.2 Å². The minimum absolute atomic E-state index is 0.110. The fraction of sp³-hybridized carbons (Fsp3) is 0.429. The Bertz CT molecular complexity index is 969. The van der Waals surface area contributed by atoms with E-state index < -0.39 is 0 Å². The lowest BCUT2D eigenvalue weighted by atomic mass is 9.74. The Morgan fingerprint density at radius 1 is 1.35 bits per heavy atom. The fourth-order valence-corrected chi connectivity index (χ4v) is 4.92. The zero-order valence-corrected chi connectivity index (χ0v) is 15.1. The largest absolute Gasteiger partial charge is 0.497 e. The average molecular weight is 351 g/mol. The number of hydrogen-bond donors (Lipinski definition) is 1. The van der Waals surface area contributed by atoms with E-state index in [1.807, 2.05) is 0 Å². The molecule has 0 amide bonds. The highest BCUT2D eigenvalue weighted by molar-refractivity contribution is 6.04. The van der Waals surface area contributed by atoms with Gasteiger partial charge in [0.15, 0.2) is 0 Å². The molecule has 0 fully saturated rings. The van der Waals surface area contributed by atoms with E-state index in [1.165, 1.54) is 35.0 Å². The lowest BCUT2D eigenvalue weighted by Gasteiger charge is -2.38. The molecule has 0 radical (unpaired) electrons. The first-order chi connectivity index (χ1) is 12.7. The van der Waals surface area contributed by atoms with Gasteiger partial charge in [-0.1, -0.05) is 18.2 Å². The van der Waals surface area contributed by atoms with Crippen LogP contribution in [-0.2, 0) is 20.7 Å². The van der Waals surface area contributed by atoms with Crippen molar-refractivity contribution in [2.24, 2.45) is 11.8 Å². The van der Waals surface area contributed by atoms with E-state index >= 15 is 0 Å². The number of aromatic amines is 1. The predicted molar refractivity (Wildman–Crippen MR) is 98.3 cm³/mol. The molecular formula is C21H23N2O3+. The quantitative estimate of drug-likeness (QED) is 0.635. The summed E-state index contributed by atoms with van der Waals surface area (Å²) in [5.74, 6) is 0.187. The molecule has 3 atom stereocenters. The van der Waals surface area contributed by atoms with Gasteiger partial charge in [-0.3, -0.25) is 0 Å². The Labute approximate surface area is 152 Å². The lowest BCUT2D eigenvalue weighted by molar-refractivity contribution is -0.545. The summed E-state index contributed by atoms with van der Waals surface area (Å²) in [4.78, 5) is 15.9. The first-order valence-corrected chi connectivity index (χ1v) is 9.32. The molecule has 5 nitrogen and oxygen atoms in total. The number of para-hydroxylation sites is 1. The van der Waals surface area contributed by atoms with Crippen LogP contribution >= 0.6 is 0 Å². The molecule has 0 unspecified atom stereocenters. The Balaban J connectivity index is 1.60. The summed E-state index contributed by atoms with van der Waals surface area (Å²) in [6.07, 6.45) is 3.64. The topological polar surface area (TPSA) is 54.3 Å². The van der Waals surface area contributed by atoms with E-state index in [4.69, 9.17) is 9.47 Å². The van der Waals surface area contributed by atoms with Gasteiger partial charge in [0.2, 0.25) is 5.71 Å². The van der Waals surface area contributed by atoms with Crippen molar-refractivity contribution in [3.8, 4) is 0 Å². The van der Waals surface area contributed by atoms with Crippen molar-refractivity contribution < 1.29 is 18.8 Å². The third kappa shape index (κ3) is 2.16. The molecule has 1 aromatic carbocycles. The molecule has 0 bridgehead atoms. The van der Waals surface area contributed by atoms with Crippen LogP contribution in [0.1, 0.15) is 24.6 Å². The maximum atomic E-state index is 12.3. The zero-order chi connectivity index (χ0) is 17.8. The fourth-order valence-electron chi connectivity index (χ4n) is 4.92. The third-order valence-corrected chi connectivity index (χ3v) is 6.31. The van der Waals surface area contributed by atoms with Gasteiger partial charge in [0.05, 0.1) is 24.9 Å². The van der Waals surface area contributed by atoms with Crippen molar-refractivity contribution in [2.45, 2.75) is 25.9 Å². The maximum Gasteiger partial charge on any atom is 0.337 e. The molecule has 5 heteroatoms. The molecule has 3 aliphatic heterocycles. The van der Waals surface area contributed by atoms with Crippen LogP contribution in [0.4, 0.5) is 0 Å². The standard InChI is InChI=1S/C21H22N2O3/c1-12-16-10-23-8-7-14-13-5-3-4-6-18(13)22-20(14)19(23)9-15(16)17(11-26-12)21(24)25-2/h3-6,11-12,15-16H,7-10H2,1-2H3/p+1/t12-,15-,16-/m0/s1. The molecule has 0 saturated heterocycles. The van der Waals surface area contributed by atoms with Gasteiger partial charge in [-0.05, 0) is 18.6 Å². The highest BCUT2D eigenvalue weighted by Crippen LogP contribution is 2.39. The van der Waals surface area contributed by atoms with Crippen molar-refractivity contribution in [1.82, 2.24) is 4.98 Å². The smallest absolute Gasteiger partial charge is 0.337 e. The highest BCUT2D eigenvalue weighted by atomic mass is 16.5. The summed E-state index contributed by atoms with van der Waals surface area (Å²) in [5, 5.41) is 1.32. The number of aromatic nitrogens is 1. The minimum atomic E-state index is -0.270. The van der Waals surface area contributed by atoms with Crippen LogP contribution in [-0.4, -0.2) is 47.5 Å². The summed E-state index contributed by atoms with van der Waals surface area (Å²) in [5.41, 5.74) is 5.85. The average Bonchev–Trinajstić information content (AvgIpc) is 3.06. The van der Waals surface area contributed by atoms with Crippen LogP contribution < -0.4 is 0 Å². The lowest BCUT2D eigenvalue weighted by Crippen LogP contribution is -2.48. The van der Waals surface area contributed by atoms with E-state index in [0.717, 1.165) is 25.9 Å². The molecule has 4 heterocycles. The minimum Gasteiger partial charge on any atom is -0.497 e. The predicted octanol–water partition coefficient (Wildman–Crippen LogP) is 2.64. The number of carbonyl (C=O) groups is 1. The summed E-state index contributed by atoms with van der Waals surface area (Å²) in [6.45, 7) is 4.05. The molecule has 0 saturated carbocycles. The number of methoxy groups -OCH3 is 1. The molecule has 2 aromatic rings. The molecule has 0 aliphatic carbocycles. The molecule has 26 heavy (non-hydrogen) atoms. The van der Waals surface area contributed by atoms with Gasteiger partial charge in [0, 0.05) is 29.7 Å². The third-order valence-electron chi connectivity index (χ3n) is 6.31. The first-order valence-electron chi connectivity index (χ1n) is 9.32. The summed E-state index contributed by atoms with van der Waals surface area (Å²) >= 11 is 0. The van der Waals surface area contributed by atoms with Gasteiger partial charge in [0.1, 0.15) is 24.9 Å². The number of H-pyrrole nitrogens is 1. The van der Waals surface area contributed by atoms with Gasteiger partial charge >= 0.3 is 5.97 Å². The molecular weight excluding hydrogens is 328 g/mol. The molecule has 0 spiro atoms. The second kappa shape index (κ2) is 5.73. The van der Waals surface area contributed by atoms with Crippen LogP contribution in [0.15, 0.2) is 36.1 Å². The number of ether oxygens (including phenoxy) is 2. The number of nitrogens with zero attached hydrogens (tertiary/aromatic N) is 1. The van der Waals surface area contributed by atoms with E-state index in [2.05, 4.69) is 40.7 Å². The Kier molecular flexibility index (Phi) is 3.45. The summed E-state index contributed by atoms with van der Waals surface area (Å²) in [6, 6.07) is 8.51. The van der Waals surface area contributed by atoms with Gasteiger partial charge in [0.25, 0.3) is 0 Å². The molecule has 3 aliphatic rings. The van der Waals surface area contributed by atoms with Gasteiger partial charge in [-0.2, -0.15) is 0 Å². The summed E-state index contributed by atoms with van der Waals surface area (Å²) < 4.78 is 13.3. The number of esters is 1. The van der Waals surface area contributed by atoms with Crippen molar-refractivity contribution in [3.63, 3.8) is 0 Å². The SMILES string of the molecule is COC(=O)C1=CO[C@@H](C)[C@@H]2C[N+]3=C(C[C@H]12)c1[nH]c2ccccc2c1CC3. The number of nitrogens with one attached hydrogen (secondary N) is 1. The van der Waals surface area contributed by atoms with Crippen LogP contribution in [0.3, 0.4) is 0 Å².